The molecule has 0 aromatic heterocycles. The van der Waals surface area contributed by atoms with Crippen LogP contribution in [0.3, 0.4) is 0 Å². The van der Waals surface area contributed by atoms with E-state index in [0.29, 0.717) is 36.1 Å². The zero-order valence-electron chi connectivity index (χ0n) is 16.1. The monoisotopic (exact) mass is 510 g/mol. The molecule has 1 unspecified atom stereocenters. The van der Waals surface area contributed by atoms with Gasteiger partial charge in [0.25, 0.3) is 5.91 Å². The number of guanidine groups is 1. The highest BCUT2D eigenvalue weighted by Crippen LogP contribution is 2.11. The molecule has 0 saturated carbocycles. The van der Waals surface area contributed by atoms with Crippen LogP contribution < -0.4 is 16.0 Å². The van der Waals surface area contributed by atoms with Crippen LogP contribution in [-0.2, 0) is 0 Å². The van der Waals surface area contributed by atoms with E-state index in [1.165, 1.54) is 0 Å². The normalized spacial score (nSPS) is 12.1. The fourth-order valence-corrected chi connectivity index (χ4v) is 2.67. The standard InChI is InChI=1S/C19H31ClN4O2.HI/c1-3-5-15(10-13-25)14-24-19(21-4-2)23-12-11-22-18(26)16-6-8-17(20)9-7-16;/h6-9,15,25H,3-5,10-14H2,1-2H3,(H,22,26)(H2,21,23,24);1H. The van der Waals surface area contributed by atoms with Gasteiger partial charge in [-0.25, -0.2) is 0 Å². The number of rotatable bonds is 11. The molecule has 0 aliphatic carbocycles. The summed E-state index contributed by atoms with van der Waals surface area (Å²) in [6.45, 7) is 6.85. The minimum atomic E-state index is -0.128. The number of amides is 1. The Morgan fingerprint density at radius 3 is 2.37 bits per heavy atom. The minimum absolute atomic E-state index is 0. The van der Waals surface area contributed by atoms with Crippen molar-refractivity contribution in [2.45, 2.75) is 33.1 Å². The van der Waals surface area contributed by atoms with E-state index in [1.54, 1.807) is 24.3 Å². The lowest BCUT2D eigenvalue weighted by Gasteiger charge is -2.15. The maximum absolute atomic E-state index is 12.0. The number of nitrogens with one attached hydrogen (secondary N) is 3. The Morgan fingerprint density at radius 2 is 1.78 bits per heavy atom. The number of aliphatic hydroxyl groups is 1. The average Bonchev–Trinajstić information content (AvgIpc) is 2.63. The SMILES string of the molecule is CCCC(CCO)CN=C(NCC)NCCNC(=O)c1ccc(Cl)cc1.I. The molecule has 0 aliphatic rings. The summed E-state index contributed by atoms with van der Waals surface area (Å²) >= 11 is 5.82. The van der Waals surface area contributed by atoms with Crippen LogP contribution in [0.15, 0.2) is 29.3 Å². The van der Waals surface area contributed by atoms with Crippen LogP contribution in [0.25, 0.3) is 0 Å². The van der Waals surface area contributed by atoms with Gasteiger partial charge in [0.05, 0.1) is 0 Å². The number of carbonyl (C=O) groups is 1. The zero-order chi connectivity index (χ0) is 19.2. The van der Waals surface area contributed by atoms with Crippen molar-refractivity contribution < 1.29 is 9.90 Å². The van der Waals surface area contributed by atoms with Crippen LogP contribution in [0.5, 0.6) is 0 Å². The fourth-order valence-electron chi connectivity index (χ4n) is 2.54. The van der Waals surface area contributed by atoms with Gasteiger partial charge in [0.15, 0.2) is 5.96 Å². The molecule has 0 radical (unpaired) electrons. The van der Waals surface area contributed by atoms with Crippen molar-refractivity contribution in [3.63, 3.8) is 0 Å². The van der Waals surface area contributed by atoms with Crippen LogP contribution in [0.2, 0.25) is 5.02 Å². The first-order valence-corrected chi connectivity index (χ1v) is 9.65. The molecule has 0 fully saturated rings. The van der Waals surface area contributed by atoms with Gasteiger partial charge in [-0.05, 0) is 49.9 Å². The number of aliphatic hydroxyl groups excluding tert-OH is 1. The lowest BCUT2D eigenvalue weighted by atomic mass is 10.0. The van der Waals surface area contributed by atoms with Gasteiger partial charge >= 0.3 is 0 Å². The molecule has 0 aliphatic heterocycles. The predicted molar refractivity (Wildman–Crippen MR) is 123 cm³/mol. The summed E-state index contributed by atoms with van der Waals surface area (Å²) in [5.41, 5.74) is 0.585. The van der Waals surface area contributed by atoms with Crippen LogP contribution >= 0.6 is 35.6 Å². The summed E-state index contributed by atoms with van der Waals surface area (Å²) in [6.07, 6.45) is 2.91. The van der Waals surface area contributed by atoms with E-state index >= 15 is 0 Å². The van der Waals surface area contributed by atoms with Gasteiger partial charge < -0.3 is 21.1 Å². The first-order chi connectivity index (χ1) is 12.6. The molecule has 0 saturated heterocycles. The summed E-state index contributed by atoms with van der Waals surface area (Å²) in [6, 6.07) is 6.80. The van der Waals surface area contributed by atoms with E-state index in [2.05, 4.69) is 27.9 Å². The quantitative estimate of drug-likeness (QED) is 0.160. The third-order valence-electron chi connectivity index (χ3n) is 3.90. The molecule has 27 heavy (non-hydrogen) atoms. The smallest absolute Gasteiger partial charge is 0.251 e. The lowest BCUT2D eigenvalue weighted by Crippen LogP contribution is -2.41. The second-order valence-corrected chi connectivity index (χ2v) is 6.51. The van der Waals surface area contributed by atoms with Crippen molar-refractivity contribution >= 4 is 47.4 Å². The number of nitrogens with zero attached hydrogens (tertiary/aromatic N) is 1. The topological polar surface area (TPSA) is 85.8 Å². The molecule has 6 nitrogen and oxygen atoms in total. The molecule has 0 heterocycles. The molecule has 1 rings (SSSR count). The third-order valence-corrected chi connectivity index (χ3v) is 4.15. The van der Waals surface area contributed by atoms with E-state index in [0.717, 1.165) is 31.8 Å². The Balaban J connectivity index is 0.00000676. The number of carbonyl (C=O) groups excluding carboxylic acids is 1. The van der Waals surface area contributed by atoms with Gasteiger partial charge in [0, 0.05) is 43.4 Å². The molecule has 1 amide bonds. The van der Waals surface area contributed by atoms with Crippen molar-refractivity contribution in [3.05, 3.63) is 34.9 Å². The Kier molecular flexibility index (Phi) is 15.3. The zero-order valence-corrected chi connectivity index (χ0v) is 19.2. The number of halogens is 2. The minimum Gasteiger partial charge on any atom is -0.396 e. The van der Waals surface area contributed by atoms with Crippen LogP contribution in [0.1, 0.15) is 43.5 Å². The maximum Gasteiger partial charge on any atom is 0.251 e. The van der Waals surface area contributed by atoms with Crippen molar-refractivity contribution in [1.29, 1.82) is 0 Å². The van der Waals surface area contributed by atoms with Crippen LogP contribution in [-0.4, -0.2) is 49.8 Å². The van der Waals surface area contributed by atoms with Crippen LogP contribution in [0, 0.1) is 5.92 Å². The van der Waals surface area contributed by atoms with Crippen LogP contribution in [0.4, 0.5) is 0 Å². The summed E-state index contributed by atoms with van der Waals surface area (Å²) in [4.78, 5) is 16.6. The summed E-state index contributed by atoms with van der Waals surface area (Å²) in [5.74, 6) is 0.994. The van der Waals surface area contributed by atoms with Gasteiger partial charge in [-0.3, -0.25) is 9.79 Å². The Labute approximate surface area is 184 Å². The molecular formula is C19H32ClIN4O2. The average molecular weight is 511 g/mol. The van der Waals surface area contributed by atoms with Gasteiger partial charge in [-0.15, -0.1) is 24.0 Å². The van der Waals surface area contributed by atoms with Gasteiger partial charge in [0.1, 0.15) is 0 Å². The first-order valence-electron chi connectivity index (χ1n) is 9.27. The second kappa shape index (κ2) is 15.9. The van der Waals surface area contributed by atoms with E-state index in [-0.39, 0.29) is 36.5 Å². The predicted octanol–water partition coefficient (Wildman–Crippen LogP) is 3.04. The number of hydrogen-bond acceptors (Lipinski definition) is 3. The van der Waals surface area contributed by atoms with E-state index in [9.17, 15) is 4.79 Å². The molecule has 0 spiro atoms. The lowest BCUT2D eigenvalue weighted by molar-refractivity contribution is 0.0954. The molecule has 1 aromatic rings. The maximum atomic E-state index is 12.0. The summed E-state index contributed by atoms with van der Waals surface area (Å²) in [7, 11) is 0. The van der Waals surface area contributed by atoms with E-state index in [4.69, 9.17) is 16.7 Å². The molecule has 0 bridgehead atoms. The largest absolute Gasteiger partial charge is 0.396 e. The molecule has 1 aromatic carbocycles. The molecule has 8 heteroatoms. The first kappa shape index (κ1) is 25.9. The number of hydrogen-bond donors (Lipinski definition) is 4. The van der Waals surface area contributed by atoms with Crippen molar-refractivity contribution in [2.75, 3.05) is 32.8 Å². The Bertz CT molecular complexity index is 549. The highest BCUT2D eigenvalue weighted by Gasteiger charge is 2.08. The Hall–Kier alpha value is -1.06. The van der Waals surface area contributed by atoms with Crippen molar-refractivity contribution in [3.8, 4) is 0 Å². The van der Waals surface area contributed by atoms with E-state index in [1.807, 2.05) is 6.92 Å². The second-order valence-electron chi connectivity index (χ2n) is 6.08. The van der Waals surface area contributed by atoms with Crippen molar-refractivity contribution in [1.82, 2.24) is 16.0 Å². The number of aliphatic imine (C=N–C) groups is 1. The van der Waals surface area contributed by atoms with Gasteiger partial charge in [-0.1, -0.05) is 24.9 Å². The Morgan fingerprint density at radius 1 is 1.11 bits per heavy atom. The highest BCUT2D eigenvalue weighted by molar-refractivity contribution is 14.0. The number of benzene rings is 1. The fraction of sp³-hybridized carbons (Fsp3) is 0.579. The van der Waals surface area contributed by atoms with Gasteiger partial charge in [0.2, 0.25) is 0 Å². The highest BCUT2D eigenvalue weighted by atomic mass is 127. The third kappa shape index (κ3) is 11.4. The molecule has 1 atom stereocenters. The molecular weight excluding hydrogens is 479 g/mol. The van der Waals surface area contributed by atoms with Gasteiger partial charge in [-0.2, -0.15) is 0 Å². The molecule has 154 valence electrons. The summed E-state index contributed by atoms with van der Waals surface area (Å²) < 4.78 is 0. The van der Waals surface area contributed by atoms with E-state index < -0.39 is 0 Å². The molecule has 4 N–H and O–H groups in total. The van der Waals surface area contributed by atoms with Crippen molar-refractivity contribution in [2.24, 2.45) is 10.9 Å². The summed E-state index contributed by atoms with van der Waals surface area (Å²) in [5, 5.41) is 19.0.